The Bertz CT molecular complexity index is 802. The molecule has 1 amide bonds. The third kappa shape index (κ3) is 3.45. The van der Waals surface area contributed by atoms with Crippen molar-refractivity contribution in [1.29, 1.82) is 0 Å². The van der Waals surface area contributed by atoms with Gasteiger partial charge < -0.3 is 19.2 Å². The quantitative estimate of drug-likeness (QED) is 0.889. The van der Waals surface area contributed by atoms with Gasteiger partial charge >= 0.3 is 5.97 Å². The predicted octanol–water partition coefficient (Wildman–Crippen LogP) is 3.15. The summed E-state index contributed by atoms with van der Waals surface area (Å²) < 4.78 is 10.5. The number of hydrogen-bond donors (Lipinski definition) is 1. The van der Waals surface area contributed by atoms with Crippen molar-refractivity contribution in [2.75, 3.05) is 20.2 Å². The summed E-state index contributed by atoms with van der Waals surface area (Å²) in [6.07, 6.45) is 2.73. The lowest BCUT2D eigenvalue weighted by Gasteiger charge is -2.38. The van der Waals surface area contributed by atoms with E-state index in [1.54, 1.807) is 18.1 Å². The maximum atomic E-state index is 12.6. The maximum absolute atomic E-state index is 12.6. The number of carboxylic acid groups (broad SMARTS) is 1. The molecular weight excluding hydrogens is 334 g/mol. The van der Waals surface area contributed by atoms with Crippen molar-refractivity contribution in [2.24, 2.45) is 5.41 Å². The highest BCUT2D eigenvalue weighted by Gasteiger charge is 2.43. The predicted molar refractivity (Wildman–Crippen MR) is 95.3 cm³/mol. The molecule has 0 spiro atoms. The first-order valence-corrected chi connectivity index (χ1v) is 8.65. The van der Waals surface area contributed by atoms with Gasteiger partial charge in [-0.05, 0) is 49.9 Å². The van der Waals surface area contributed by atoms with Crippen molar-refractivity contribution in [3.8, 4) is 5.75 Å². The molecule has 2 aromatic rings. The number of carboxylic acids is 1. The Balaban J connectivity index is 1.73. The number of aliphatic carboxylic acids is 1. The minimum atomic E-state index is -0.874. The summed E-state index contributed by atoms with van der Waals surface area (Å²) in [6.45, 7) is 2.62. The largest absolute Gasteiger partial charge is 0.497 e. The summed E-state index contributed by atoms with van der Waals surface area (Å²) in [5.41, 5.74) is 0.844. The highest BCUT2D eigenvalue weighted by Crippen LogP contribution is 2.36. The molecule has 6 nitrogen and oxygen atoms in total. The highest BCUT2D eigenvalue weighted by atomic mass is 16.5. The van der Waals surface area contributed by atoms with Gasteiger partial charge in [0, 0.05) is 18.7 Å². The van der Waals surface area contributed by atoms with Crippen LogP contribution in [0.15, 0.2) is 41.0 Å². The fourth-order valence-corrected chi connectivity index (χ4v) is 3.51. The Morgan fingerprint density at radius 3 is 2.58 bits per heavy atom. The van der Waals surface area contributed by atoms with E-state index < -0.39 is 11.4 Å². The number of methoxy groups -OCH3 is 1. The van der Waals surface area contributed by atoms with E-state index in [0.717, 1.165) is 11.1 Å². The molecule has 0 radical (unpaired) electrons. The summed E-state index contributed by atoms with van der Waals surface area (Å²) in [6, 6.07) is 9.23. The van der Waals surface area contributed by atoms with Gasteiger partial charge in [-0.3, -0.25) is 9.59 Å². The first kappa shape index (κ1) is 18.0. The summed E-state index contributed by atoms with van der Waals surface area (Å²) >= 11 is 0. The fourth-order valence-electron chi connectivity index (χ4n) is 3.51. The van der Waals surface area contributed by atoms with Crippen molar-refractivity contribution in [3.63, 3.8) is 0 Å². The van der Waals surface area contributed by atoms with Crippen LogP contribution in [0, 0.1) is 12.3 Å². The molecule has 0 aliphatic carbocycles. The minimum Gasteiger partial charge on any atom is -0.497 e. The van der Waals surface area contributed by atoms with Crippen LogP contribution >= 0.6 is 0 Å². The van der Waals surface area contributed by atoms with Crippen LogP contribution in [0.25, 0.3) is 0 Å². The van der Waals surface area contributed by atoms with Gasteiger partial charge in [0.15, 0.2) is 5.76 Å². The van der Waals surface area contributed by atoms with E-state index >= 15 is 0 Å². The van der Waals surface area contributed by atoms with Crippen LogP contribution in [0.1, 0.15) is 34.5 Å². The van der Waals surface area contributed by atoms with Crippen LogP contribution in [0.4, 0.5) is 0 Å². The van der Waals surface area contributed by atoms with Gasteiger partial charge in [0.25, 0.3) is 5.91 Å². The molecule has 1 N–H and O–H groups in total. The zero-order valence-corrected chi connectivity index (χ0v) is 15.0. The zero-order chi connectivity index (χ0) is 18.7. The number of likely N-dealkylation sites (tertiary alicyclic amines) is 1. The van der Waals surface area contributed by atoms with Crippen molar-refractivity contribution >= 4 is 11.9 Å². The summed E-state index contributed by atoms with van der Waals surface area (Å²) in [5.74, 6) is 0.0547. The van der Waals surface area contributed by atoms with E-state index in [0.29, 0.717) is 43.9 Å². The molecule has 0 bridgehead atoms. The van der Waals surface area contributed by atoms with Crippen molar-refractivity contribution in [3.05, 3.63) is 53.5 Å². The number of furan rings is 1. The van der Waals surface area contributed by atoms with Crippen LogP contribution in [-0.4, -0.2) is 42.1 Å². The number of ether oxygens (including phenoxy) is 1. The number of piperidine rings is 1. The zero-order valence-electron chi connectivity index (χ0n) is 15.0. The lowest BCUT2D eigenvalue weighted by Crippen LogP contribution is -2.47. The molecule has 0 unspecified atom stereocenters. The van der Waals surface area contributed by atoms with Crippen LogP contribution in [0.5, 0.6) is 5.75 Å². The third-order valence-corrected chi connectivity index (χ3v) is 5.19. The number of aryl methyl sites for hydroxylation is 1. The van der Waals surface area contributed by atoms with Crippen LogP contribution in [0.2, 0.25) is 0 Å². The van der Waals surface area contributed by atoms with Gasteiger partial charge in [-0.2, -0.15) is 0 Å². The SMILES string of the molecule is COc1cccc(CC2(C(=O)O)CCN(C(=O)c3occc3C)CC2)c1. The second kappa shape index (κ2) is 7.23. The number of rotatable bonds is 5. The molecule has 1 fully saturated rings. The number of hydrogen-bond acceptors (Lipinski definition) is 4. The number of carbonyl (C=O) groups excluding carboxylic acids is 1. The van der Waals surface area contributed by atoms with E-state index in [2.05, 4.69) is 0 Å². The topological polar surface area (TPSA) is 80.0 Å². The van der Waals surface area contributed by atoms with Crippen LogP contribution < -0.4 is 4.74 Å². The van der Waals surface area contributed by atoms with Crippen molar-refractivity contribution in [2.45, 2.75) is 26.2 Å². The summed E-state index contributed by atoms with van der Waals surface area (Å²) in [5, 5.41) is 9.88. The van der Waals surface area contributed by atoms with Gasteiger partial charge in [0.1, 0.15) is 5.75 Å². The summed E-state index contributed by atoms with van der Waals surface area (Å²) in [4.78, 5) is 26.3. The van der Waals surface area contributed by atoms with E-state index in [-0.39, 0.29) is 5.91 Å². The molecule has 0 atom stereocenters. The lowest BCUT2D eigenvalue weighted by atomic mass is 9.73. The lowest BCUT2D eigenvalue weighted by molar-refractivity contribution is -0.151. The molecule has 6 heteroatoms. The first-order valence-electron chi connectivity index (χ1n) is 8.65. The molecule has 1 aromatic carbocycles. The second-order valence-electron chi connectivity index (χ2n) is 6.84. The molecule has 1 aliphatic rings. The van der Waals surface area contributed by atoms with E-state index in [4.69, 9.17) is 9.15 Å². The van der Waals surface area contributed by atoms with E-state index in [9.17, 15) is 14.7 Å². The molecule has 26 heavy (non-hydrogen) atoms. The monoisotopic (exact) mass is 357 g/mol. The molecule has 138 valence electrons. The van der Waals surface area contributed by atoms with Gasteiger partial charge in [0.05, 0.1) is 18.8 Å². The van der Waals surface area contributed by atoms with Gasteiger partial charge in [-0.25, -0.2) is 0 Å². The molecule has 1 aromatic heterocycles. The Morgan fingerprint density at radius 1 is 1.27 bits per heavy atom. The van der Waals surface area contributed by atoms with Crippen molar-refractivity contribution < 1.29 is 23.8 Å². The Labute approximate surface area is 152 Å². The molecule has 1 saturated heterocycles. The molecular formula is C20H23NO5. The van der Waals surface area contributed by atoms with E-state index in [1.807, 2.05) is 31.2 Å². The first-order chi connectivity index (χ1) is 12.4. The van der Waals surface area contributed by atoms with Gasteiger partial charge in [-0.15, -0.1) is 0 Å². The number of nitrogens with zero attached hydrogens (tertiary/aromatic N) is 1. The minimum absolute atomic E-state index is 0.173. The summed E-state index contributed by atoms with van der Waals surface area (Å²) in [7, 11) is 1.59. The highest BCUT2D eigenvalue weighted by molar-refractivity contribution is 5.93. The van der Waals surface area contributed by atoms with Crippen LogP contribution in [-0.2, 0) is 11.2 Å². The third-order valence-electron chi connectivity index (χ3n) is 5.19. The fraction of sp³-hybridized carbons (Fsp3) is 0.400. The van der Waals surface area contributed by atoms with Gasteiger partial charge in [-0.1, -0.05) is 12.1 Å². The smallest absolute Gasteiger partial charge is 0.310 e. The standard InChI is InChI=1S/C20H23NO5/c1-14-6-11-26-17(14)18(22)21-9-7-20(8-10-21,19(23)24)13-15-4-3-5-16(12-15)25-2/h3-6,11-12H,7-10,13H2,1-2H3,(H,23,24). The van der Waals surface area contributed by atoms with Crippen molar-refractivity contribution in [1.82, 2.24) is 4.90 Å². The Morgan fingerprint density at radius 2 is 2.00 bits per heavy atom. The normalized spacial score (nSPS) is 16.3. The molecule has 2 heterocycles. The molecule has 3 rings (SSSR count). The molecule has 1 aliphatic heterocycles. The Hall–Kier alpha value is -2.76. The maximum Gasteiger partial charge on any atom is 0.310 e. The molecule has 0 saturated carbocycles. The van der Waals surface area contributed by atoms with E-state index in [1.165, 1.54) is 6.26 Å². The second-order valence-corrected chi connectivity index (χ2v) is 6.84. The van der Waals surface area contributed by atoms with Gasteiger partial charge in [0.2, 0.25) is 0 Å². The number of benzene rings is 1. The average molecular weight is 357 g/mol. The number of amides is 1. The average Bonchev–Trinajstić information content (AvgIpc) is 3.07. The van der Waals surface area contributed by atoms with Crippen LogP contribution in [0.3, 0.4) is 0 Å². The number of carbonyl (C=O) groups is 2. The Kier molecular flexibility index (Phi) is 5.02.